The molecular formula is C15H12F4O2. The van der Waals surface area contributed by atoms with E-state index < -0.39 is 29.4 Å². The predicted octanol–water partition coefficient (Wildman–Crippen LogP) is 4.69. The van der Waals surface area contributed by atoms with Crippen molar-refractivity contribution < 1.29 is 27.4 Å². The highest BCUT2D eigenvalue weighted by atomic mass is 19.4. The second-order valence-electron chi connectivity index (χ2n) is 4.42. The zero-order chi connectivity index (χ0) is 15.6. The number of alkyl halides is 3. The first-order valence-corrected chi connectivity index (χ1v) is 6.11. The van der Waals surface area contributed by atoms with E-state index in [0.29, 0.717) is 0 Å². The maximum Gasteiger partial charge on any atom is 0.419 e. The Morgan fingerprint density at radius 1 is 1.00 bits per heavy atom. The quantitative estimate of drug-likeness (QED) is 0.833. The summed E-state index contributed by atoms with van der Waals surface area (Å²) in [6, 6.07) is 8.33. The van der Waals surface area contributed by atoms with Crippen LogP contribution in [0.5, 0.6) is 11.5 Å². The fourth-order valence-corrected chi connectivity index (χ4v) is 1.92. The Bertz CT molecular complexity index is 636. The average Bonchev–Trinajstić information content (AvgIpc) is 2.37. The van der Waals surface area contributed by atoms with Crippen molar-refractivity contribution in [3.8, 4) is 11.5 Å². The predicted molar refractivity (Wildman–Crippen MR) is 68.6 cm³/mol. The number of aliphatic hydroxyl groups is 1. The molecule has 1 N–H and O–H groups in total. The number of benzene rings is 2. The van der Waals surface area contributed by atoms with Gasteiger partial charge in [-0.05, 0) is 31.2 Å². The molecule has 0 aliphatic rings. The minimum Gasteiger partial charge on any atom is -0.456 e. The third kappa shape index (κ3) is 3.33. The molecule has 2 aromatic rings. The summed E-state index contributed by atoms with van der Waals surface area (Å²) in [6.07, 6.45) is -5.80. The van der Waals surface area contributed by atoms with Gasteiger partial charge in [0.2, 0.25) is 0 Å². The van der Waals surface area contributed by atoms with Crippen molar-refractivity contribution >= 4 is 0 Å². The van der Waals surface area contributed by atoms with Gasteiger partial charge in [0.25, 0.3) is 0 Å². The Morgan fingerprint density at radius 3 is 2.24 bits per heavy atom. The van der Waals surface area contributed by atoms with Gasteiger partial charge in [0.1, 0.15) is 17.3 Å². The third-order valence-corrected chi connectivity index (χ3v) is 2.84. The molecular weight excluding hydrogens is 288 g/mol. The molecule has 0 radical (unpaired) electrons. The highest BCUT2D eigenvalue weighted by Gasteiger charge is 2.34. The Hall–Kier alpha value is -2.08. The maximum atomic E-state index is 13.7. The molecule has 0 saturated carbocycles. The lowest BCUT2D eigenvalue weighted by molar-refractivity contribution is -0.138. The van der Waals surface area contributed by atoms with E-state index in [1.54, 1.807) is 0 Å². The molecule has 0 fully saturated rings. The van der Waals surface area contributed by atoms with Gasteiger partial charge in [-0.1, -0.05) is 18.2 Å². The van der Waals surface area contributed by atoms with Crippen LogP contribution in [0.25, 0.3) is 0 Å². The normalized spacial score (nSPS) is 13.0. The van der Waals surface area contributed by atoms with Crippen LogP contribution in [-0.2, 0) is 6.18 Å². The van der Waals surface area contributed by atoms with E-state index in [0.717, 1.165) is 18.2 Å². The molecule has 2 rings (SSSR count). The van der Waals surface area contributed by atoms with Crippen LogP contribution in [0.3, 0.4) is 0 Å². The van der Waals surface area contributed by atoms with Crippen molar-refractivity contribution in [2.75, 3.05) is 0 Å². The minimum absolute atomic E-state index is 0.151. The molecule has 112 valence electrons. The summed E-state index contributed by atoms with van der Waals surface area (Å²) in [5, 5.41) is 9.55. The van der Waals surface area contributed by atoms with Gasteiger partial charge in [-0.2, -0.15) is 13.2 Å². The lowest BCUT2D eigenvalue weighted by Gasteiger charge is -2.17. The van der Waals surface area contributed by atoms with E-state index in [1.807, 2.05) is 0 Å². The van der Waals surface area contributed by atoms with Gasteiger partial charge >= 0.3 is 6.18 Å². The lowest BCUT2D eigenvalue weighted by atomic mass is 10.1. The van der Waals surface area contributed by atoms with Crippen LogP contribution in [0.15, 0.2) is 42.5 Å². The fourth-order valence-electron chi connectivity index (χ4n) is 1.92. The van der Waals surface area contributed by atoms with Gasteiger partial charge in [-0.25, -0.2) is 4.39 Å². The molecule has 0 unspecified atom stereocenters. The molecule has 0 heterocycles. The van der Waals surface area contributed by atoms with Gasteiger partial charge in [0.15, 0.2) is 0 Å². The number of hydrogen-bond donors (Lipinski definition) is 1. The third-order valence-electron chi connectivity index (χ3n) is 2.84. The SMILES string of the molecule is C[C@@H](O)c1c(F)cccc1Oc1ccccc1C(F)(F)F. The molecule has 0 spiro atoms. The molecule has 1 atom stereocenters. The first-order chi connectivity index (χ1) is 9.80. The molecule has 0 aliphatic carbocycles. The minimum atomic E-state index is -4.59. The smallest absolute Gasteiger partial charge is 0.419 e. The number of hydrogen-bond acceptors (Lipinski definition) is 2. The summed E-state index contributed by atoms with van der Waals surface area (Å²) in [6.45, 7) is 1.31. The summed E-state index contributed by atoms with van der Waals surface area (Å²) in [7, 11) is 0. The monoisotopic (exact) mass is 300 g/mol. The fraction of sp³-hybridized carbons (Fsp3) is 0.200. The molecule has 0 aliphatic heterocycles. The van der Waals surface area contributed by atoms with Crippen LogP contribution in [0.2, 0.25) is 0 Å². The van der Waals surface area contributed by atoms with E-state index in [-0.39, 0.29) is 11.3 Å². The number of halogens is 4. The first kappa shape index (κ1) is 15.3. The van der Waals surface area contributed by atoms with Crippen molar-refractivity contribution in [3.05, 3.63) is 59.4 Å². The molecule has 2 aromatic carbocycles. The van der Waals surface area contributed by atoms with E-state index in [4.69, 9.17) is 4.74 Å². The second kappa shape index (κ2) is 5.73. The van der Waals surface area contributed by atoms with Crippen LogP contribution < -0.4 is 4.74 Å². The van der Waals surface area contributed by atoms with Gasteiger partial charge in [-0.3, -0.25) is 0 Å². The molecule has 0 amide bonds. The Labute approximate surface area is 118 Å². The van der Waals surface area contributed by atoms with Crippen molar-refractivity contribution in [1.29, 1.82) is 0 Å². The van der Waals surface area contributed by atoms with Gasteiger partial charge in [0, 0.05) is 0 Å². The number of ether oxygens (including phenoxy) is 1. The highest BCUT2D eigenvalue weighted by Crippen LogP contribution is 2.39. The van der Waals surface area contributed by atoms with Crippen molar-refractivity contribution in [2.45, 2.75) is 19.2 Å². The van der Waals surface area contributed by atoms with E-state index in [1.165, 1.54) is 31.2 Å². The van der Waals surface area contributed by atoms with Gasteiger partial charge < -0.3 is 9.84 Å². The zero-order valence-electron chi connectivity index (χ0n) is 11.0. The largest absolute Gasteiger partial charge is 0.456 e. The Balaban J connectivity index is 2.47. The molecule has 21 heavy (non-hydrogen) atoms. The Morgan fingerprint density at radius 2 is 1.62 bits per heavy atom. The lowest BCUT2D eigenvalue weighted by Crippen LogP contribution is -2.08. The summed E-state index contributed by atoms with van der Waals surface area (Å²) >= 11 is 0. The van der Waals surface area contributed by atoms with E-state index in [9.17, 15) is 22.7 Å². The summed E-state index contributed by atoms with van der Waals surface area (Å²) in [5.41, 5.74) is -1.15. The number of aliphatic hydroxyl groups excluding tert-OH is 1. The van der Waals surface area contributed by atoms with Crippen LogP contribution in [0.1, 0.15) is 24.2 Å². The van der Waals surface area contributed by atoms with Crippen LogP contribution in [-0.4, -0.2) is 5.11 Å². The van der Waals surface area contributed by atoms with Crippen molar-refractivity contribution in [1.82, 2.24) is 0 Å². The average molecular weight is 300 g/mol. The molecule has 2 nitrogen and oxygen atoms in total. The van der Waals surface area contributed by atoms with Crippen molar-refractivity contribution in [2.24, 2.45) is 0 Å². The number of para-hydroxylation sites is 1. The van der Waals surface area contributed by atoms with E-state index >= 15 is 0 Å². The van der Waals surface area contributed by atoms with Crippen LogP contribution in [0, 0.1) is 5.82 Å². The zero-order valence-corrected chi connectivity index (χ0v) is 11.0. The van der Waals surface area contributed by atoms with Gasteiger partial charge in [-0.15, -0.1) is 0 Å². The first-order valence-electron chi connectivity index (χ1n) is 6.11. The topological polar surface area (TPSA) is 29.5 Å². The van der Waals surface area contributed by atoms with Gasteiger partial charge in [0.05, 0.1) is 17.2 Å². The molecule has 6 heteroatoms. The Kier molecular flexibility index (Phi) is 4.18. The second-order valence-corrected chi connectivity index (χ2v) is 4.42. The van der Waals surface area contributed by atoms with E-state index in [2.05, 4.69) is 0 Å². The molecule has 0 saturated heterocycles. The summed E-state index contributed by atoms with van der Waals surface area (Å²) in [4.78, 5) is 0. The van der Waals surface area contributed by atoms with Crippen LogP contribution in [0.4, 0.5) is 17.6 Å². The van der Waals surface area contributed by atoms with Crippen LogP contribution >= 0.6 is 0 Å². The highest BCUT2D eigenvalue weighted by molar-refractivity contribution is 5.43. The summed E-state index contributed by atoms with van der Waals surface area (Å²) in [5.74, 6) is -1.34. The number of rotatable bonds is 3. The standard InChI is InChI=1S/C15H12F4O2/c1-9(20)14-11(16)6-4-8-13(14)21-12-7-3-2-5-10(12)15(17,18)19/h2-9,20H,1H3/t9-/m1/s1. The summed E-state index contributed by atoms with van der Waals surface area (Å²) < 4.78 is 57.5. The maximum absolute atomic E-state index is 13.7. The molecule has 0 aromatic heterocycles. The molecule has 0 bridgehead atoms. The van der Waals surface area contributed by atoms with Crippen molar-refractivity contribution in [3.63, 3.8) is 0 Å².